The molecular weight excluding hydrogens is 334 g/mol. The number of nitrogens with zero attached hydrogens (tertiary/aromatic N) is 3. The van der Waals surface area contributed by atoms with E-state index in [1.165, 1.54) is 4.88 Å². The molecule has 1 aromatic carbocycles. The first-order chi connectivity index (χ1) is 12.3. The molecule has 1 saturated heterocycles. The number of benzene rings is 1. The second-order valence-corrected chi connectivity index (χ2v) is 7.32. The van der Waals surface area contributed by atoms with E-state index in [1.54, 1.807) is 11.3 Å². The second-order valence-electron chi connectivity index (χ2n) is 6.29. The first kappa shape index (κ1) is 16.0. The van der Waals surface area contributed by atoms with Crippen molar-refractivity contribution in [1.29, 1.82) is 0 Å². The molecule has 1 aliphatic heterocycles. The summed E-state index contributed by atoms with van der Waals surface area (Å²) in [5, 5.41) is 6.14. The van der Waals surface area contributed by atoms with Crippen molar-refractivity contribution in [1.82, 2.24) is 15.0 Å². The van der Waals surface area contributed by atoms with Crippen LogP contribution >= 0.6 is 11.3 Å². The largest absolute Gasteiger partial charge is 0.342 e. The van der Waals surface area contributed by atoms with Crippen molar-refractivity contribution >= 4 is 17.2 Å². The predicted octanol–water partition coefficient (Wildman–Crippen LogP) is 3.28. The van der Waals surface area contributed by atoms with Gasteiger partial charge in [0.25, 0.3) is 0 Å². The summed E-state index contributed by atoms with van der Waals surface area (Å²) >= 11 is 1.69. The van der Waals surface area contributed by atoms with Gasteiger partial charge in [-0.15, -0.1) is 11.3 Å². The fourth-order valence-corrected chi connectivity index (χ4v) is 3.85. The van der Waals surface area contributed by atoms with E-state index in [4.69, 9.17) is 4.52 Å². The number of amides is 1. The molecule has 1 fully saturated rings. The molecule has 128 valence electrons. The van der Waals surface area contributed by atoms with Crippen molar-refractivity contribution in [2.45, 2.75) is 25.2 Å². The maximum atomic E-state index is 12.5. The summed E-state index contributed by atoms with van der Waals surface area (Å²) in [5.74, 6) is 1.67. The molecule has 3 heterocycles. The Labute approximate surface area is 150 Å². The van der Waals surface area contributed by atoms with Crippen molar-refractivity contribution in [2.24, 2.45) is 0 Å². The van der Waals surface area contributed by atoms with Crippen LogP contribution < -0.4 is 0 Å². The molecule has 0 N–H and O–H groups in total. The number of hydrogen-bond acceptors (Lipinski definition) is 5. The van der Waals surface area contributed by atoms with E-state index in [0.717, 1.165) is 18.5 Å². The van der Waals surface area contributed by atoms with Gasteiger partial charge in [0, 0.05) is 24.4 Å². The lowest BCUT2D eigenvalue weighted by Gasteiger charge is -2.15. The Balaban J connectivity index is 1.36. The molecular formula is C19H19N3O2S. The highest BCUT2D eigenvalue weighted by atomic mass is 32.1. The van der Waals surface area contributed by atoms with Crippen LogP contribution in [0.4, 0.5) is 0 Å². The standard InChI is InChI=1S/C19H19N3O2S/c23-18(11-14-5-2-1-3-6-14)22-9-8-15(13-22)19-20-17(21-24-19)12-16-7-4-10-25-16/h1-7,10,15H,8-9,11-13H2. The van der Waals surface area contributed by atoms with E-state index in [0.29, 0.717) is 31.1 Å². The van der Waals surface area contributed by atoms with Crippen LogP contribution in [0.2, 0.25) is 0 Å². The van der Waals surface area contributed by atoms with Gasteiger partial charge >= 0.3 is 0 Å². The molecule has 0 saturated carbocycles. The number of thiophene rings is 1. The average molecular weight is 353 g/mol. The van der Waals surface area contributed by atoms with Crippen LogP contribution in [0.1, 0.15) is 34.5 Å². The van der Waals surface area contributed by atoms with Crippen molar-refractivity contribution in [3.05, 3.63) is 70.0 Å². The Bertz CT molecular complexity index is 829. The number of hydrogen-bond donors (Lipinski definition) is 0. The smallest absolute Gasteiger partial charge is 0.231 e. The molecule has 6 heteroatoms. The third kappa shape index (κ3) is 3.79. The molecule has 0 bridgehead atoms. The molecule has 3 aromatic rings. The Hall–Kier alpha value is -2.47. The van der Waals surface area contributed by atoms with Gasteiger partial charge in [0.1, 0.15) is 0 Å². The van der Waals surface area contributed by atoms with Crippen LogP contribution in [-0.2, 0) is 17.6 Å². The Kier molecular flexibility index (Phi) is 4.61. The van der Waals surface area contributed by atoms with Crippen molar-refractivity contribution in [3.63, 3.8) is 0 Å². The second kappa shape index (κ2) is 7.19. The highest BCUT2D eigenvalue weighted by Gasteiger charge is 2.31. The lowest BCUT2D eigenvalue weighted by molar-refractivity contribution is -0.129. The summed E-state index contributed by atoms with van der Waals surface area (Å²) < 4.78 is 5.45. The van der Waals surface area contributed by atoms with Crippen LogP contribution in [-0.4, -0.2) is 34.0 Å². The third-order valence-corrected chi connectivity index (χ3v) is 5.36. The molecule has 0 radical (unpaired) electrons. The van der Waals surface area contributed by atoms with E-state index < -0.39 is 0 Å². The first-order valence-electron chi connectivity index (χ1n) is 8.44. The van der Waals surface area contributed by atoms with Crippen LogP contribution in [0.15, 0.2) is 52.4 Å². The maximum Gasteiger partial charge on any atom is 0.231 e. The highest BCUT2D eigenvalue weighted by Crippen LogP contribution is 2.27. The number of carbonyl (C=O) groups is 1. The fraction of sp³-hybridized carbons (Fsp3) is 0.316. The molecule has 1 atom stereocenters. The van der Waals surface area contributed by atoms with Crippen molar-refractivity contribution in [2.75, 3.05) is 13.1 Å². The third-order valence-electron chi connectivity index (χ3n) is 4.48. The van der Waals surface area contributed by atoms with Crippen LogP contribution in [0.25, 0.3) is 0 Å². The van der Waals surface area contributed by atoms with Gasteiger partial charge in [0.2, 0.25) is 11.8 Å². The first-order valence-corrected chi connectivity index (χ1v) is 9.32. The van der Waals surface area contributed by atoms with Crippen LogP contribution in [0.5, 0.6) is 0 Å². The molecule has 25 heavy (non-hydrogen) atoms. The quantitative estimate of drug-likeness (QED) is 0.706. The zero-order chi connectivity index (χ0) is 17.1. The molecule has 2 aromatic heterocycles. The Morgan fingerprint density at radius 1 is 1.24 bits per heavy atom. The molecule has 0 spiro atoms. The molecule has 5 nitrogen and oxygen atoms in total. The summed E-state index contributed by atoms with van der Waals surface area (Å²) in [4.78, 5) is 20.1. The van der Waals surface area contributed by atoms with Crippen LogP contribution in [0.3, 0.4) is 0 Å². The van der Waals surface area contributed by atoms with E-state index in [9.17, 15) is 4.79 Å². The van der Waals surface area contributed by atoms with Gasteiger partial charge in [-0.25, -0.2) is 0 Å². The lowest BCUT2D eigenvalue weighted by atomic mass is 10.1. The summed E-state index contributed by atoms with van der Waals surface area (Å²) in [6.07, 6.45) is 2.02. The normalized spacial score (nSPS) is 17.1. The van der Waals surface area contributed by atoms with Gasteiger partial charge in [0.15, 0.2) is 5.82 Å². The van der Waals surface area contributed by atoms with Gasteiger partial charge in [-0.1, -0.05) is 41.6 Å². The number of carbonyl (C=O) groups excluding carboxylic acids is 1. The summed E-state index contributed by atoms with van der Waals surface area (Å²) in [6, 6.07) is 13.9. The summed E-state index contributed by atoms with van der Waals surface area (Å²) in [6.45, 7) is 1.41. The summed E-state index contributed by atoms with van der Waals surface area (Å²) in [7, 11) is 0. The minimum absolute atomic E-state index is 0.143. The minimum Gasteiger partial charge on any atom is -0.342 e. The van der Waals surface area contributed by atoms with Gasteiger partial charge in [-0.3, -0.25) is 4.79 Å². The number of aromatic nitrogens is 2. The number of rotatable bonds is 5. The van der Waals surface area contributed by atoms with E-state index in [2.05, 4.69) is 16.2 Å². The van der Waals surface area contributed by atoms with Gasteiger partial charge in [0.05, 0.1) is 12.3 Å². The summed E-state index contributed by atoms with van der Waals surface area (Å²) in [5.41, 5.74) is 1.05. The highest BCUT2D eigenvalue weighted by molar-refractivity contribution is 7.09. The topological polar surface area (TPSA) is 59.2 Å². The van der Waals surface area contributed by atoms with Gasteiger partial charge in [-0.2, -0.15) is 4.98 Å². The maximum absolute atomic E-state index is 12.5. The van der Waals surface area contributed by atoms with E-state index >= 15 is 0 Å². The number of likely N-dealkylation sites (tertiary alicyclic amines) is 1. The molecule has 0 aliphatic carbocycles. The van der Waals surface area contributed by atoms with Crippen molar-refractivity contribution in [3.8, 4) is 0 Å². The SMILES string of the molecule is O=C(Cc1ccccc1)N1CCC(c2nc(Cc3cccs3)no2)C1. The van der Waals surface area contributed by atoms with Gasteiger partial charge in [-0.05, 0) is 23.4 Å². The monoisotopic (exact) mass is 353 g/mol. The molecule has 1 aliphatic rings. The zero-order valence-electron chi connectivity index (χ0n) is 13.8. The molecule has 1 amide bonds. The van der Waals surface area contributed by atoms with Crippen molar-refractivity contribution < 1.29 is 9.32 Å². The Morgan fingerprint density at radius 2 is 2.12 bits per heavy atom. The average Bonchev–Trinajstić information content (AvgIpc) is 3.37. The Morgan fingerprint density at radius 3 is 2.92 bits per heavy atom. The fourth-order valence-electron chi connectivity index (χ4n) is 3.14. The zero-order valence-corrected chi connectivity index (χ0v) is 14.6. The van der Waals surface area contributed by atoms with Gasteiger partial charge < -0.3 is 9.42 Å². The predicted molar refractivity (Wildman–Crippen MR) is 95.5 cm³/mol. The van der Waals surface area contributed by atoms with E-state index in [-0.39, 0.29) is 11.8 Å². The minimum atomic E-state index is 0.143. The molecule has 4 rings (SSSR count). The van der Waals surface area contributed by atoms with E-state index in [1.807, 2.05) is 46.7 Å². The molecule has 1 unspecified atom stereocenters. The lowest BCUT2D eigenvalue weighted by Crippen LogP contribution is -2.29. The van der Waals surface area contributed by atoms with Crippen LogP contribution in [0, 0.1) is 0 Å².